The van der Waals surface area contributed by atoms with Crippen molar-refractivity contribution in [1.29, 1.82) is 0 Å². The second-order valence-electron chi connectivity index (χ2n) is 5.79. The lowest BCUT2D eigenvalue weighted by Crippen LogP contribution is -2.61. The monoisotopic (exact) mass is 430 g/mol. The molecule has 3 rings (SSSR count). The van der Waals surface area contributed by atoms with E-state index in [1.807, 2.05) is 0 Å². The van der Waals surface area contributed by atoms with Crippen LogP contribution in [0.2, 0.25) is 0 Å². The van der Waals surface area contributed by atoms with Crippen LogP contribution in [-0.2, 0) is 21.2 Å². The first-order chi connectivity index (χ1) is 11.8. The zero-order valence-corrected chi connectivity index (χ0v) is 15.7. The van der Waals surface area contributed by atoms with Crippen molar-refractivity contribution in [3.05, 3.63) is 46.6 Å². The van der Waals surface area contributed by atoms with Gasteiger partial charge in [0.1, 0.15) is 5.82 Å². The Kier molecular flexibility index (Phi) is 4.94. The molecule has 0 aliphatic carbocycles. The predicted octanol–water partition coefficient (Wildman–Crippen LogP) is 1.39. The third-order valence-electron chi connectivity index (χ3n) is 4.23. The number of benzene rings is 1. The largest absolute Gasteiger partial charge is 0.340 e. The van der Waals surface area contributed by atoms with Crippen LogP contribution < -0.4 is 0 Å². The minimum atomic E-state index is -3.61. The van der Waals surface area contributed by atoms with Gasteiger partial charge >= 0.3 is 0 Å². The van der Waals surface area contributed by atoms with E-state index in [0.717, 1.165) is 0 Å². The van der Waals surface area contributed by atoms with Gasteiger partial charge in [-0.3, -0.25) is 4.79 Å². The predicted molar refractivity (Wildman–Crippen MR) is 91.7 cm³/mol. The molecule has 7 nitrogen and oxygen atoms in total. The molecule has 25 heavy (non-hydrogen) atoms. The number of sulfonamides is 1. The van der Waals surface area contributed by atoms with Gasteiger partial charge in [0.05, 0.1) is 29.5 Å². The lowest BCUT2D eigenvalue weighted by Gasteiger charge is -2.42. The summed E-state index contributed by atoms with van der Waals surface area (Å²) in [6, 6.07) is 4.55. The molecule has 0 radical (unpaired) electrons. The third-order valence-corrected chi connectivity index (χ3v) is 6.60. The van der Waals surface area contributed by atoms with Gasteiger partial charge in [0.25, 0.3) is 10.0 Å². The fourth-order valence-corrected chi connectivity index (χ4v) is 4.38. The standard InChI is InChI=1S/C15H16BrFN4O3S/c1-20(14(22)5-10-3-2-4-12(16)15(10)17)11-7-21(8-11)25(23,24)13-6-18-9-19-13/h2-4,6,9,11H,5,7-8H2,1H3,(H,18,19). The van der Waals surface area contributed by atoms with Gasteiger partial charge in [-0.15, -0.1) is 0 Å². The maximum atomic E-state index is 14.0. The van der Waals surface area contributed by atoms with Crippen LogP contribution >= 0.6 is 15.9 Å². The van der Waals surface area contributed by atoms with Crippen molar-refractivity contribution in [1.82, 2.24) is 19.2 Å². The van der Waals surface area contributed by atoms with Crippen LogP contribution in [0.25, 0.3) is 0 Å². The van der Waals surface area contributed by atoms with E-state index in [1.165, 1.54) is 21.7 Å². The lowest BCUT2D eigenvalue weighted by molar-refractivity contribution is -0.133. The van der Waals surface area contributed by atoms with Crippen molar-refractivity contribution in [2.45, 2.75) is 17.5 Å². The highest BCUT2D eigenvalue weighted by Crippen LogP contribution is 2.24. The number of aromatic amines is 1. The van der Waals surface area contributed by atoms with Gasteiger partial charge in [0.2, 0.25) is 5.91 Å². The van der Waals surface area contributed by atoms with E-state index in [2.05, 4.69) is 25.9 Å². The van der Waals surface area contributed by atoms with E-state index >= 15 is 0 Å². The SMILES string of the molecule is CN(C(=O)Cc1cccc(Br)c1F)C1CN(S(=O)(=O)c2cnc[nH]2)C1. The molecular weight excluding hydrogens is 415 g/mol. The van der Waals surface area contributed by atoms with Crippen molar-refractivity contribution in [2.24, 2.45) is 0 Å². The van der Waals surface area contributed by atoms with Crippen LogP contribution in [0.15, 0.2) is 40.2 Å². The van der Waals surface area contributed by atoms with E-state index in [1.54, 1.807) is 25.2 Å². The molecule has 10 heteroatoms. The van der Waals surface area contributed by atoms with E-state index in [-0.39, 0.29) is 36.5 Å². The molecule has 1 aliphatic rings. The van der Waals surface area contributed by atoms with Crippen LogP contribution in [0, 0.1) is 5.82 Å². The van der Waals surface area contributed by atoms with E-state index in [0.29, 0.717) is 10.0 Å². The number of rotatable bonds is 5. The maximum Gasteiger partial charge on any atom is 0.260 e. The Balaban J connectivity index is 1.61. The Labute approximate surface area is 153 Å². The van der Waals surface area contributed by atoms with Gasteiger partial charge in [-0.2, -0.15) is 4.31 Å². The van der Waals surface area contributed by atoms with Crippen LogP contribution in [0.4, 0.5) is 4.39 Å². The highest BCUT2D eigenvalue weighted by molar-refractivity contribution is 9.10. The molecular formula is C15H16BrFN4O3S. The van der Waals surface area contributed by atoms with E-state index in [4.69, 9.17) is 0 Å². The van der Waals surface area contributed by atoms with Gasteiger partial charge < -0.3 is 9.88 Å². The highest BCUT2D eigenvalue weighted by atomic mass is 79.9. The van der Waals surface area contributed by atoms with Crippen LogP contribution in [0.5, 0.6) is 0 Å². The number of carbonyl (C=O) groups is 1. The molecule has 1 amide bonds. The molecule has 0 bridgehead atoms. The number of imidazole rings is 1. The highest BCUT2D eigenvalue weighted by Gasteiger charge is 2.40. The van der Waals surface area contributed by atoms with Gasteiger partial charge in [0.15, 0.2) is 5.03 Å². The molecule has 0 spiro atoms. The number of likely N-dealkylation sites (N-methyl/N-ethyl adjacent to an activating group) is 1. The Morgan fingerprint density at radius 2 is 2.20 bits per heavy atom. The van der Waals surface area contributed by atoms with Gasteiger partial charge in [-0.05, 0) is 27.6 Å². The first-order valence-electron chi connectivity index (χ1n) is 7.47. The first kappa shape index (κ1) is 18.0. The molecule has 0 saturated carbocycles. The summed E-state index contributed by atoms with van der Waals surface area (Å²) < 4.78 is 40.1. The second-order valence-corrected chi connectivity index (χ2v) is 8.55. The van der Waals surface area contributed by atoms with Crippen molar-refractivity contribution >= 4 is 31.9 Å². The normalized spacial score (nSPS) is 15.8. The number of hydrogen-bond donors (Lipinski definition) is 1. The minimum absolute atomic E-state index is 0.0242. The maximum absolute atomic E-state index is 14.0. The smallest absolute Gasteiger partial charge is 0.260 e. The molecule has 1 aromatic heterocycles. The fraction of sp³-hybridized carbons (Fsp3) is 0.333. The second kappa shape index (κ2) is 6.85. The van der Waals surface area contributed by atoms with Crippen LogP contribution in [0.3, 0.4) is 0 Å². The average molecular weight is 431 g/mol. The third kappa shape index (κ3) is 3.46. The summed E-state index contributed by atoms with van der Waals surface area (Å²) in [4.78, 5) is 20.1. The summed E-state index contributed by atoms with van der Waals surface area (Å²) in [5.74, 6) is -0.720. The van der Waals surface area contributed by atoms with Crippen molar-refractivity contribution in [3.8, 4) is 0 Å². The Morgan fingerprint density at radius 3 is 2.84 bits per heavy atom. The summed E-state index contributed by atoms with van der Waals surface area (Å²) in [7, 11) is -2.01. The topological polar surface area (TPSA) is 86.4 Å². The zero-order chi connectivity index (χ0) is 18.2. The van der Waals surface area contributed by atoms with Gasteiger partial charge in [0, 0.05) is 20.1 Å². The number of nitrogens with one attached hydrogen (secondary N) is 1. The van der Waals surface area contributed by atoms with Crippen LogP contribution in [-0.4, -0.2) is 59.7 Å². The molecule has 1 aliphatic heterocycles. The Morgan fingerprint density at radius 1 is 1.48 bits per heavy atom. The molecule has 134 valence electrons. The van der Waals surface area contributed by atoms with E-state index in [9.17, 15) is 17.6 Å². The lowest BCUT2D eigenvalue weighted by atomic mass is 10.1. The number of halogens is 2. The zero-order valence-electron chi connectivity index (χ0n) is 13.3. The average Bonchev–Trinajstić information content (AvgIpc) is 3.05. The number of nitrogens with zero attached hydrogens (tertiary/aromatic N) is 3. The van der Waals surface area contributed by atoms with Gasteiger partial charge in [-0.1, -0.05) is 12.1 Å². The minimum Gasteiger partial charge on any atom is -0.340 e. The molecule has 2 heterocycles. The summed E-state index contributed by atoms with van der Waals surface area (Å²) in [6.45, 7) is 0.398. The number of aromatic nitrogens is 2. The molecule has 1 saturated heterocycles. The molecule has 1 fully saturated rings. The first-order valence-corrected chi connectivity index (χ1v) is 9.71. The van der Waals surface area contributed by atoms with E-state index < -0.39 is 15.8 Å². The Hall–Kier alpha value is -1.78. The molecule has 0 unspecified atom stereocenters. The fourth-order valence-electron chi connectivity index (χ4n) is 2.56. The Bertz CT molecular complexity index is 882. The van der Waals surface area contributed by atoms with Crippen molar-refractivity contribution < 1.29 is 17.6 Å². The summed E-state index contributed by atoms with van der Waals surface area (Å²) in [6.07, 6.45) is 2.46. The molecule has 1 N–H and O–H groups in total. The van der Waals surface area contributed by atoms with Crippen molar-refractivity contribution in [3.63, 3.8) is 0 Å². The molecule has 0 atom stereocenters. The van der Waals surface area contributed by atoms with Gasteiger partial charge in [-0.25, -0.2) is 17.8 Å². The number of hydrogen-bond acceptors (Lipinski definition) is 4. The molecule has 1 aromatic carbocycles. The summed E-state index contributed by atoms with van der Waals surface area (Å²) in [5, 5.41) is 0.0242. The van der Waals surface area contributed by atoms with Crippen LogP contribution in [0.1, 0.15) is 5.56 Å². The number of H-pyrrole nitrogens is 1. The summed E-state index contributed by atoms with van der Waals surface area (Å²) >= 11 is 3.09. The van der Waals surface area contributed by atoms with Crippen molar-refractivity contribution in [2.75, 3.05) is 20.1 Å². The quantitative estimate of drug-likeness (QED) is 0.776. The molecule has 2 aromatic rings. The number of amides is 1. The number of carbonyl (C=O) groups excluding carboxylic acids is 1. The summed E-state index contributed by atoms with van der Waals surface area (Å²) in [5.41, 5.74) is 0.299.